The second-order valence-corrected chi connectivity index (χ2v) is 3.70. The Bertz CT molecular complexity index is 148. The minimum absolute atomic E-state index is 0.141. The molecule has 0 amide bonds. The minimum atomic E-state index is -0.141. The lowest BCUT2D eigenvalue weighted by Gasteiger charge is -2.16. The molecule has 5 nitrogen and oxygen atoms in total. The summed E-state index contributed by atoms with van der Waals surface area (Å²) in [6, 6.07) is 0. The Hall–Kier alpha value is -0.200. The third-order valence-corrected chi connectivity index (χ3v) is 2.21. The van der Waals surface area contributed by atoms with E-state index in [4.69, 9.17) is 23.7 Å². The summed E-state index contributed by atoms with van der Waals surface area (Å²) < 4.78 is 26.5. The highest BCUT2D eigenvalue weighted by atomic mass is 16.7. The molecule has 18 heavy (non-hydrogen) atoms. The average molecular weight is 264 g/mol. The van der Waals surface area contributed by atoms with Crippen LogP contribution in [0.5, 0.6) is 0 Å². The summed E-state index contributed by atoms with van der Waals surface area (Å²) >= 11 is 0. The summed E-state index contributed by atoms with van der Waals surface area (Å²) in [5, 5.41) is 0. The molecule has 0 aromatic heterocycles. The van der Waals surface area contributed by atoms with Gasteiger partial charge in [-0.05, 0) is 20.3 Å². The fourth-order valence-corrected chi connectivity index (χ4v) is 1.38. The van der Waals surface area contributed by atoms with Crippen molar-refractivity contribution in [2.24, 2.45) is 0 Å². The molecule has 0 aliphatic heterocycles. The highest BCUT2D eigenvalue weighted by Crippen LogP contribution is 2.01. The number of hydrogen-bond donors (Lipinski definition) is 0. The normalized spacial score (nSPS) is 11.3. The smallest absolute Gasteiger partial charge is 0.159 e. The van der Waals surface area contributed by atoms with Crippen molar-refractivity contribution in [3.63, 3.8) is 0 Å². The topological polar surface area (TPSA) is 46.2 Å². The number of methoxy groups -OCH3 is 1. The van der Waals surface area contributed by atoms with E-state index in [-0.39, 0.29) is 6.29 Å². The molecule has 110 valence electrons. The summed E-state index contributed by atoms with van der Waals surface area (Å²) in [5.74, 6) is 0. The van der Waals surface area contributed by atoms with E-state index in [2.05, 4.69) is 0 Å². The number of hydrogen-bond acceptors (Lipinski definition) is 5. The third-order valence-electron chi connectivity index (χ3n) is 2.21. The van der Waals surface area contributed by atoms with Crippen LogP contribution in [0.25, 0.3) is 0 Å². The van der Waals surface area contributed by atoms with Gasteiger partial charge in [-0.2, -0.15) is 0 Å². The average Bonchev–Trinajstić information content (AvgIpc) is 2.37. The van der Waals surface area contributed by atoms with E-state index in [0.29, 0.717) is 46.2 Å². The van der Waals surface area contributed by atoms with Crippen molar-refractivity contribution in [3.8, 4) is 0 Å². The van der Waals surface area contributed by atoms with E-state index in [9.17, 15) is 0 Å². The lowest BCUT2D eigenvalue weighted by molar-refractivity contribution is -0.146. The van der Waals surface area contributed by atoms with Crippen LogP contribution < -0.4 is 0 Å². The first kappa shape index (κ1) is 17.8. The Morgan fingerprint density at radius 2 is 1.39 bits per heavy atom. The van der Waals surface area contributed by atoms with E-state index in [1.807, 2.05) is 13.8 Å². The van der Waals surface area contributed by atoms with Gasteiger partial charge < -0.3 is 23.7 Å². The molecular weight excluding hydrogens is 236 g/mol. The quantitative estimate of drug-likeness (QED) is 0.354. The predicted molar refractivity (Wildman–Crippen MR) is 69.8 cm³/mol. The van der Waals surface area contributed by atoms with Crippen LogP contribution in [0.15, 0.2) is 0 Å². The first-order valence-corrected chi connectivity index (χ1v) is 6.72. The second kappa shape index (κ2) is 14.9. The second-order valence-electron chi connectivity index (χ2n) is 3.70. The molecule has 5 heteroatoms. The fraction of sp³-hybridized carbons (Fsp3) is 1.00. The fourth-order valence-electron chi connectivity index (χ4n) is 1.38. The molecule has 0 rings (SSSR count). The largest absolute Gasteiger partial charge is 0.382 e. The maximum atomic E-state index is 5.49. The van der Waals surface area contributed by atoms with Gasteiger partial charge in [0.05, 0.1) is 19.8 Å². The number of ether oxygens (including phenoxy) is 5. The molecule has 0 N–H and O–H groups in total. The van der Waals surface area contributed by atoms with Crippen LogP contribution in [0.2, 0.25) is 0 Å². The molecule has 0 aromatic rings. The first-order valence-electron chi connectivity index (χ1n) is 6.72. The molecule has 0 bridgehead atoms. The molecule has 0 heterocycles. The van der Waals surface area contributed by atoms with E-state index >= 15 is 0 Å². The van der Waals surface area contributed by atoms with Crippen LogP contribution in [0.3, 0.4) is 0 Å². The van der Waals surface area contributed by atoms with Crippen molar-refractivity contribution >= 4 is 0 Å². The molecule has 0 aliphatic carbocycles. The third kappa shape index (κ3) is 12.3. The molecule has 0 atom stereocenters. The molecular formula is C13H28O5. The Morgan fingerprint density at radius 3 is 1.94 bits per heavy atom. The van der Waals surface area contributed by atoms with E-state index < -0.39 is 0 Å². The minimum Gasteiger partial charge on any atom is -0.382 e. The lowest BCUT2D eigenvalue weighted by atomic mass is 10.4. The van der Waals surface area contributed by atoms with Gasteiger partial charge in [0.25, 0.3) is 0 Å². The van der Waals surface area contributed by atoms with Crippen molar-refractivity contribution in [1.29, 1.82) is 0 Å². The number of rotatable bonds is 14. The lowest BCUT2D eigenvalue weighted by Crippen LogP contribution is -2.19. The zero-order chi connectivity index (χ0) is 13.5. The molecule has 0 saturated heterocycles. The van der Waals surface area contributed by atoms with E-state index in [1.54, 1.807) is 7.11 Å². The van der Waals surface area contributed by atoms with Crippen molar-refractivity contribution in [3.05, 3.63) is 0 Å². The zero-order valence-corrected chi connectivity index (χ0v) is 12.0. The van der Waals surface area contributed by atoms with Crippen LogP contribution in [-0.4, -0.2) is 59.6 Å². The zero-order valence-electron chi connectivity index (χ0n) is 12.0. The van der Waals surface area contributed by atoms with E-state index in [1.165, 1.54) is 0 Å². The standard InChI is InChI=1S/C13H28O5/c1-4-17-13(18-5-2)7-10-15-8-6-9-16-12-11-14-3/h13H,4-12H2,1-3H3. The molecule has 0 saturated carbocycles. The van der Waals surface area contributed by atoms with Gasteiger partial charge in [0.1, 0.15) is 0 Å². The SMILES string of the molecule is CCOC(CCOCCCOCCOC)OCC. The van der Waals surface area contributed by atoms with Gasteiger partial charge in [-0.25, -0.2) is 0 Å². The highest BCUT2D eigenvalue weighted by molar-refractivity contribution is 4.45. The van der Waals surface area contributed by atoms with Crippen LogP contribution in [0.4, 0.5) is 0 Å². The molecule has 0 spiro atoms. The monoisotopic (exact) mass is 264 g/mol. The summed E-state index contributed by atoms with van der Waals surface area (Å²) in [6.07, 6.45) is 1.53. The summed E-state index contributed by atoms with van der Waals surface area (Å²) in [5.41, 5.74) is 0. The van der Waals surface area contributed by atoms with Crippen LogP contribution in [0, 0.1) is 0 Å². The molecule has 0 fully saturated rings. The van der Waals surface area contributed by atoms with Crippen molar-refractivity contribution in [2.45, 2.75) is 33.0 Å². The molecule has 0 radical (unpaired) electrons. The van der Waals surface area contributed by atoms with Gasteiger partial charge in [-0.15, -0.1) is 0 Å². The predicted octanol–water partition coefficient (Wildman–Crippen LogP) is 1.85. The first-order chi connectivity index (χ1) is 8.85. The maximum Gasteiger partial charge on any atom is 0.159 e. The summed E-state index contributed by atoms with van der Waals surface area (Å²) in [4.78, 5) is 0. The summed E-state index contributed by atoms with van der Waals surface area (Å²) in [6.45, 7) is 8.62. The Morgan fingerprint density at radius 1 is 0.778 bits per heavy atom. The van der Waals surface area contributed by atoms with Crippen molar-refractivity contribution in [2.75, 3.05) is 53.4 Å². The molecule has 0 aliphatic rings. The van der Waals surface area contributed by atoms with Gasteiger partial charge in [-0.3, -0.25) is 0 Å². The van der Waals surface area contributed by atoms with Gasteiger partial charge in [0.15, 0.2) is 6.29 Å². The Labute approximate surface area is 111 Å². The van der Waals surface area contributed by atoms with Gasteiger partial charge in [0.2, 0.25) is 0 Å². The Balaban J connectivity index is 3.21. The Kier molecular flexibility index (Phi) is 14.7. The van der Waals surface area contributed by atoms with E-state index in [0.717, 1.165) is 12.8 Å². The van der Waals surface area contributed by atoms with Crippen LogP contribution >= 0.6 is 0 Å². The van der Waals surface area contributed by atoms with Crippen LogP contribution in [0.1, 0.15) is 26.7 Å². The van der Waals surface area contributed by atoms with Gasteiger partial charge in [0, 0.05) is 40.0 Å². The van der Waals surface area contributed by atoms with Gasteiger partial charge >= 0.3 is 0 Å². The molecule has 0 aromatic carbocycles. The van der Waals surface area contributed by atoms with Crippen molar-refractivity contribution in [1.82, 2.24) is 0 Å². The molecule has 0 unspecified atom stereocenters. The van der Waals surface area contributed by atoms with Crippen molar-refractivity contribution < 1.29 is 23.7 Å². The highest BCUT2D eigenvalue weighted by Gasteiger charge is 2.06. The van der Waals surface area contributed by atoms with Crippen LogP contribution in [-0.2, 0) is 23.7 Å². The van der Waals surface area contributed by atoms with Gasteiger partial charge in [-0.1, -0.05) is 0 Å². The maximum absolute atomic E-state index is 5.49. The summed E-state index contributed by atoms with van der Waals surface area (Å²) in [7, 11) is 1.67.